The minimum absolute atomic E-state index is 0.310. The molecule has 0 radical (unpaired) electrons. The Balaban J connectivity index is 2.67. The van der Waals surface area contributed by atoms with Crippen LogP contribution in [0.2, 0.25) is 0 Å². The number of nitrogens with one attached hydrogen (secondary N) is 1. The molecule has 0 atom stereocenters. The summed E-state index contributed by atoms with van der Waals surface area (Å²) in [6, 6.07) is 6.86. The largest absolute Gasteiger partial charge is 0.240 e. The molecule has 1 aromatic rings. The Labute approximate surface area is 115 Å². The number of alkyl halides is 1. The average Bonchev–Trinajstić information content (AvgIpc) is 2.29. The van der Waals surface area contributed by atoms with Crippen molar-refractivity contribution in [3.63, 3.8) is 0 Å². The Bertz CT molecular complexity index is 454. The number of hydrogen-bond acceptors (Lipinski definition) is 2. The molecule has 3 nitrogen and oxygen atoms in total. The van der Waals surface area contributed by atoms with E-state index in [4.69, 9.17) is 11.6 Å². The molecule has 0 heterocycles. The zero-order chi connectivity index (χ0) is 13.6. The molecule has 0 saturated heterocycles. The van der Waals surface area contributed by atoms with Crippen LogP contribution in [0.4, 0.5) is 0 Å². The van der Waals surface area contributed by atoms with Crippen LogP contribution in [0.15, 0.2) is 29.2 Å². The van der Waals surface area contributed by atoms with Gasteiger partial charge < -0.3 is 0 Å². The van der Waals surface area contributed by atoms with Crippen molar-refractivity contribution in [3.8, 4) is 0 Å². The van der Waals surface area contributed by atoms with Crippen LogP contribution in [0.25, 0.3) is 0 Å². The highest BCUT2D eigenvalue weighted by atomic mass is 35.5. The highest BCUT2D eigenvalue weighted by molar-refractivity contribution is 7.89. The number of aryl methyl sites for hydroxylation is 1. The van der Waals surface area contributed by atoms with Gasteiger partial charge in [-0.1, -0.05) is 26.0 Å². The molecule has 0 unspecified atom stereocenters. The Hall–Kier alpha value is -0.580. The molecule has 0 aromatic heterocycles. The van der Waals surface area contributed by atoms with Gasteiger partial charge in [-0.25, -0.2) is 13.1 Å². The highest BCUT2D eigenvalue weighted by Crippen LogP contribution is 2.11. The Morgan fingerprint density at radius 3 is 2.33 bits per heavy atom. The number of hydrogen-bond donors (Lipinski definition) is 1. The average molecular weight is 290 g/mol. The molecular formula is C13H20ClNO2S. The van der Waals surface area contributed by atoms with Gasteiger partial charge in [-0.15, -0.1) is 11.6 Å². The smallest absolute Gasteiger partial charge is 0.211 e. The first-order chi connectivity index (χ1) is 8.45. The van der Waals surface area contributed by atoms with Crippen LogP contribution in [0, 0.1) is 5.92 Å². The summed E-state index contributed by atoms with van der Waals surface area (Å²) in [7, 11) is -3.37. The molecule has 1 rings (SSSR count). The fraction of sp³-hybridized carbons (Fsp3) is 0.538. The molecule has 0 spiro atoms. The number of rotatable bonds is 7. The molecule has 0 aliphatic heterocycles. The van der Waals surface area contributed by atoms with Crippen molar-refractivity contribution in [2.75, 3.05) is 12.4 Å². The lowest BCUT2D eigenvalue weighted by Gasteiger charge is -2.08. The molecule has 0 fully saturated rings. The normalized spacial score (nSPS) is 12.0. The van der Waals surface area contributed by atoms with Crippen molar-refractivity contribution in [3.05, 3.63) is 29.8 Å². The van der Waals surface area contributed by atoms with E-state index in [-0.39, 0.29) is 0 Å². The van der Waals surface area contributed by atoms with Crippen molar-refractivity contribution >= 4 is 21.6 Å². The van der Waals surface area contributed by atoms with Crippen LogP contribution in [-0.4, -0.2) is 20.8 Å². The molecule has 0 bridgehead atoms. The van der Waals surface area contributed by atoms with Crippen LogP contribution in [-0.2, 0) is 16.4 Å². The van der Waals surface area contributed by atoms with Gasteiger partial charge in [0, 0.05) is 12.4 Å². The highest BCUT2D eigenvalue weighted by Gasteiger charge is 2.13. The molecule has 102 valence electrons. The maximum absolute atomic E-state index is 11.9. The van der Waals surface area contributed by atoms with E-state index >= 15 is 0 Å². The number of benzene rings is 1. The third-order valence-electron chi connectivity index (χ3n) is 2.63. The summed E-state index contributed by atoms with van der Waals surface area (Å²) in [6.45, 7) is 4.61. The van der Waals surface area contributed by atoms with E-state index in [1.54, 1.807) is 24.3 Å². The van der Waals surface area contributed by atoms with Gasteiger partial charge in [-0.05, 0) is 36.5 Å². The van der Waals surface area contributed by atoms with Gasteiger partial charge in [-0.2, -0.15) is 0 Å². The fourth-order valence-electron chi connectivity index (χ4n) is 1.51. The van der Waals surface area contributed by atoms with Crippen LogP contribution in [0.3, 0.4) is 0 Å². The summed E-state index contributed by atoms with van der Waals surface area (Å²) < 4.78 is 26.5. The van der Waals surface area contributed by atoms with E-state index in [2.05, 4.69) is 18.6 Å². The first-order valence-corrected chi connectivity index (χ1v) is 8.12. The van der Waals surface area contributed by atoms with Crippen LogP contribution in [0.5, 0.6) is 0 Å². The molecule has 0 aliphatic carbocycles. The SMILES string of the molecule is CC(C)CCNS(=O)(=O)c1ccc(CCCl)cc1. The molecule has 1 aromatic carbocycles. The quantitative estimate of drug-likeness (QED) is 0.785. The van der Waals surface area contributed by atoms with Crippen LogP contribution >= 0.6 is 11.6 Å². The van der Waals surface area contributed by atoms with E-state index in [0.717, 1.165) is 18.4 Å². The van der Waals surface area contributed by atoms with Crippen molar-refractivity contribution in [2.24, 2.45) is 5.92 Å². The summed E-state index contributed by atoms with van der Waals surface area (Å²) in [4.78, 5) is 0.310. The van der Waals surface area contributed by atoms with Gasteiger partial charge in [-0.3, -0.25) is 0 Å². The van der Waals surface area contributed by atoms with Gasteiger partial charge in [0.05, 0.1) is 4.90 Å². The van der Waals surface area contributed by atoms with Gasteiger partial charge in [0.25, 0.3) is 0 Å². The second kappa shape index (κ2) is 7.12. The molecule has 0 saturated carbocycles. The lowest BCUT2D eigenvalue weighted by atomic mass is 10.1. The predicted molar refractivity (Wildman–Crippen MR) is 75.5 cm³/mol. The Morgan fingerprint density at radius 1 is 1.22 bits per heavy atom. The van der Waals surface area contributed by atoms with E-state index in [9.17, 15) is 8.42 Å². The summed E-state index contributed by atoms with van der Waals surface area (Å²) in [5, 5.41) is 0. The second-order valence-corrected chi connectivity index (χ2v) is 6.81. The first kappa shape index (κ1) is 15.5. The monoisotopic (exact) mass is 289 g/mol. The minimum atomic E-state index is -3.37. The molecule has 18 heavy (non-hydrogen) atoms. The lowest BCUT2D eigenvalue weighted by Crippen LogP contribution is -2.25. The Morgan fingerprint density at radius 2 is 1.83 bits per heavy atom. The molecular weight excluding hydrogens is 270 g/mol. The van der Waals surface area contributed by atoms with Crippen molar-refractivity contribution in [1.29, 1.82) is 0 Å². The maximum Gasteiger partial charge on any atom is 0.240 e. The van der Waals surface area contributed by atoms with E-state index in [1.165, 1.54) is 0 Å². The summed E-state index contributed by atoms with van der Waals surface area (Å²) in [6.07, 6.45) is 1.59. The summed E-state index contributed by atoms with van der Waals surface area (Å²) in [5.74, 6) is 1.03. The second-order valence-electron chi connectivity index (χ2n) is 4.66. The first-order valence-electron chi connectivity index (χ1n) is 6.10. The zero-order valence-electron chi connectivity index (χ0n) is 10.8. The van der Waals surface area contributed by atoms with Gasteiger partial charge in [0.1, 0.15) is 0 Å². The zero-order valence-corrected chi connectivity index (χ0v) is 12.4. The number of halogens is 1. The van der Waals surface area contributed by atoms with Crippen molar-refractivity contribution < 1.29 is 8.42 Å². The van der Waals surface area contributed by atoms with Crippen molar-refractivity contribution in [1.82, 2.24) is 4.72 Å². The fourth-order valence-corrected chi connectivity index (χ4v) is 2.78. The standard InChI is InChI=1S/C13H20ClNO2S/c1-11(2)8-10-15-18(16,17)13-5-3-12(4-6-13)7-9-14/h3-6,11,15H,7-10H2,1-2H3. The summed E-state index contributed by atoms with van der Waals surface area (Å²) >= 11 is 5.63. The molecule has 0 aliphatic rings. The molecule has 1 N–H and O–H groups in total. The van der Waals surface area contributed by atoms with E-state index in [1.807, 2.05) is 0 Å². The predicted octanol–water partition coefficient (Wildman–Crippen LogP) is 2.79. The van der Waals surface area contributed by atoms with E-state index < -0.39 is 10.0 Å². The van der Waals surface area contributed by atoms with Crippen LogP contribution in [0.1, 0.15) is 25.8 Å². The van der Waals surface area contributed by atoms with Crippen molar-refractivity contribution in [2.45, 2.75) is 31.6 Å². The van der Waals surface area contributed by atoms with Gasteiger partial charge >= 0.3 is 0 Å². The molecule has 5 heteroatoms. The topological polar surface area (TPSA) is 46.2 Å². The lowest BCUT2D eigenvalue weighted by molar-refractivity contribution is 0.551. The maximum atomic E-state index is 11.9. The minimum Gasteiger partial charge on any atom is -0.211 e. The third-order valence-corrected chi connectivity index (χ3v) is 4.30. The third kappa shape index (κ3) is 4.96. The number of sulfonamides is 1. The summed E-state index contributed by atoms with van der Waals surface area (Å²) in [5.41, 5.74) is 1.05. The van der Waals surface area contributed by atoms with Crippen LogP contribution < -0.4 is 4.72 Å². The van der Waals surface area contributed by atoms with E-state index in [0.29, 0.717) is 23.2 Å². The Kier molecular flexibility index (Phi) is 6.12. The van der Waals surface area contributed by atoms with Gasteiger partial charge in [0.15, 0.2) is 0 Å². The molecule has 0 amide bonds. The van der Waals surface area contributed by atoms with Gasteiger partial charge in [0.2, 0.25) is 10.0 Å².